The molecular weight excluding hydrogens is 422 g/mol. The molecule has 1 amide bonds. The first kappa shape index (κ1) is 22.7. The molecule has 0 aliphatic carbocycles. The van der Waals surface area contributed by atoms with Crippen molar-refractivity contribution >= 4 is 33.2 Å². The van der Waals surface area contributed by atoms with Gasteiger partial charge in [0.15, 0.2) is 0 Å². The van der Waals surface area contributed by atoms with Crippen molar-refractivity contribution < 1.29 is 13.2 Å². The van der Waals surface area contributed by atoms with Gasteiger partial charge in [-0.15, -0.1) is 0 Å². The number of hydrogen-bond acceptors (Lipinski definition) is 4. The van der Waals surface area contributed by atoms with E-state index in [1.807, 2.05) is 42.3 Å². The molecule has 162 valence electrons. The molecule has 1 fully saturated rings. The minimum atomic E-state index is -3.61. The summed E-state index contributed by atoms with van der Waals surface area (Å²) in [4.78, 5) is 14.5. The Balaban J connectivity index is 1.68. The van der Waals surface area contributed by atoms with Crippen molar-refractivity contribution in [2.75, 3.05) is 32.0 Å². The van der Waals surface area contributed by atoms with E-state index in [0.29, 0.717) is 30.3 Å². The van der Waals surface area contributed by atoms with E-state index >= 15 is 0 Å². The van der Waals surface area contributed by atoms with Gasteiger partial charge in [0, 0.05) is 19.6 Å². The maximum atomic E-state index is 13.0. The van der Waals surface area contributed by atoms with Crippen LogP contribution in [-0.2, 0) is 21.4 Å². The summed E-state index contributed by atoms with van der Waals surface area (Å²) < 4.78 is 27.6. The van der Waals surface area contributed by atoms with Crippen LogP contribution < -0.4 is 5.32 Å². The number of hydrogen-bond donors (Lipinski definition) is 1. The first-order chi connectivity index (χ1) is 14.4. The highest BCUT2D eigenvalue weighted by molar-refractivity contribution is 7.89. The molecule has 3 rings (SSSR count). The van der Waals surface area contributed by atoms with Crippen LogP contribution in [0.2, 0.25) is 5.02 Å². The van der Waals surface area contributed by atoms with Gasteiger partial charge >= 0.3 is 0 Å². The Morgan fingerprint density at radius 1 is 1.07 bits per heavy atom. The first-order valence-corrected chi connectivity index (χ1v) is 12.0. The van der Waals surface area contributed by atoms with E-state index in [1.165, 1.54) is 22.5 Å². The largest absolute Gasteiger partial charge is 0.324 e. The average molecular weight is 450 g/mol. The number of benzene rings is 2. The molecule has 6 nitrogen and oxygen atoms in total. The maximum Gasteiger partial charge on any atom is 0.243 e. The summed E-state index contributed by atoms with van der Waals surface area (Å²) in [5.41, 5.74) is 1.42. The highest BCUT2D eigenvalue weighted by Gasteiger charge is 2.26. The number of nitrogens with zero attached hydrogens (tertiary/aromatic N) is 2. The molecule has 1 heterocycles. The van der Waals surface area contributed by atoms with E-state index in [-0.39, 0.29) is 17.3 Å². The van der Waals surface area contributed by atoms with Gasteiger partial charge in [0.1, 0.15) is 0 Å². The third-order valence-corrected chi connectivity index (χ3v) is 7.35. The smallest absolute Gasteiger partial charge is 0.243 e. The van der Waals surface area contributed by atoms with E-state index in [4.69, 9.17) is 11.6 Å². The summed E-state index contributed by atoms with van der Waals surface area (Å²) in [6, 6.07) is 14.3. The highest BCUT2D eigenvalue weighted by Crippen LogP contribution is 2.28. The molecule has 30 heavy (non-hydrogen) atoms. The Hall–Kier alpha value is -1.93. The van der Waals surface area contributed by atoms with Crippen LogP contribution in [0.25, 0.3) is 0 Å². The second-order valence-corrected chi connectivity index (χ2v) is 10.0. The van der Waals surface area contributed by atoms with Crippen molar-refractivity contribution in [3.63, 3.8) is 0 Å². The van der Waals surface area contributed by atoms with Gasteiger partial charge in [0.25, 0.3) is 0 Å². The van der Waals surface area contributed by atoms with Crippen molar-refractivity contribution in [1.29, 1.82) is 0 Å². The van der Waals surface area contributed by atoms with Crippen LogP contribution in [0, 0.1) is 0 Å². The first-order valence-electron chi connectivity index (χ1n) is 10.2. The molecular formula is C22H28ClN3O3S. The van der Waals surface area contributed by atoms with Crippen LogP contribution >= 0.6 is 11.6 Å². The second-order valence-electron chi connectivity index (χ2n) is 7.67. The van der Waals surface area contributed by atoms with Crippen molar-refractivity contribution in [3.05, 3.63) is 59.1 Å². The van der Waals surface area contributed by atoms with Crippen LogP contribution in [0.3, 0.4) is 0 Å². The third-order valence-electron chi connectivity index (χ3n) is 5.12. The van der Waals surface area contributed by atoms with Crippen LogP contribution in [0.5, 0.6) is 0 Å². The normalized spacial score (nSPS) is 15.7. The summed E-state index contributed by atoms with van der Waals surface area (Å²) >= 11 is 6.23. The summed E-state index contributed by atoms with van der Waals surface area (Å²) in [6.07, 6.45) is 3.82. The molecule has 2 aromatic carbocycles. The van der Waals surface area contributed by atoms with E-state index in [2.05, 4.69) is 5.32 Å². The number of likely N-dealkylation sites (N-methyl/N-ethyl adjacent to an activating group) is 1. The van der Waals surface area contributed by atoms with Gasteiger partial charge < -0.3 is 5.32 Å². The Labute approximate surface area is 183 Å². The number of anilines is 1. The number of sulfonamides is 1. The minimum absolute atomic E-state index is 0.154. The van der Waals surface area contributed by atoms with Crippen LogP contribution in [0.4, 0.5) is 5.69 Å². The topological polar surface area (TPSA) is 69.7 Å². The van der Waals surface area contributed by atoms with Crippen molar-refractivity contribution in [2.24, 2.45) is 0 Å². The van der Waals surface area contributed by atoms with Gasteiger partial charge in [-0.3, -0.25) is 9.69 Å². The number of nitrogens with one attached hydrogen (secondary N) is 1. The van der Waals surface area contributed by atoms with Crippen LogP contribution in [0.1, 0.15) is 31.2 Å². The second kappa shape index (κ2) is 10.4. The Bertz CT molecular complexity index is 959. The number of halogens is 1. The third kappa shape index (κ3) is 6.04. The van der Waals surface area contributed by atoms with E-state index < -0.39 is 10.0 Å². The Kier molecular flexibility index (Phi) is 7.88. The van der Waals surface area contributed by atoms with Gasteiger partial charge in [-0.25, -0.2) is 8.42 Å². The fourth-order valence-electron chi connectivity index (χ4n) is 3.58. The summed E-state index contributed by atoms with van der Waals surface area (Å²) in [7, 11) is -1.76. The van der Waals surface area contributed by atoms with Crippen molar-refractivity contribution in [2.45, 2.75) is 37.1 Å². The monoisotopic (exact) mass is 449 g/mol. The lowest BCUT2D eigenvalue weighted by Crippen LogP contribution is -2.32. The lowest BCUT2D eigenvalue weighted by molar-refractivity contribution is -0.117. The molecule has 0 unspecified atom stereocenters. The Morgan fingerprint density at radius 2 is 1.73 bits per heavy atom. The minimum Gasteiger partial charge on any atom is -0.324 e. The summed E-state index contributed by atoms with van der Waals surface area (Å²) in [5.74, 6) is -0.250. The number of carbonyl (C=O) groups is 1. The summed E-state index contributed by atoms with van der Waals surface area (Å²) in [5, 5.41) is 3.07. The van der Waals surface area contributed by atoms with Gasteiger partial charge in [-0.1, -0.05) is 54.8 Å². The zero-order chi connectivity index (χ0) is 21.6. The van der Waals surface area contributed by atoms with Gasteiger partial charge in [-0.05, 0) is 43.7 Å². The fraction of sp³-hybridized carbons (Fsp3) is 0.409. The molecule has 0 atom stereocenters. The number of amides is 1. The standard InChI is InChI=1S/C22H28ClN3O3S/c1-25(16-18-9-5-4-6-10-18)17-22(27)24-21-15-19(11-12-20(21)23)30(28,29)26-13-7-2-3-8-14-26/h4-6,9-12,15H,2-3,7-8,13-14,16-17H2,1H3,(H,24,27). The lowest BCUT2D eigenvalue weighted by Gasteiger charge is -2.21. The SMILES string of the molecule is CN(CC(=O)Nc1cc(S(=O)(=O)N2CCCCCC2)ccc1Cl)Cc1ccccc1. The van der Waals surface area contributed by atoms with Crippen LogP contribution in [-0.4, -0.2) is 50.2 Å². The molecule has 2 aromatic rings. The molecule has 0 radical (unpaired) electrons. The molecule has 1 aliphatic rings. The highest BCUT2D eigenvalue weighted by atomic mass is 35.5. The lowest BCUT2D eigenvalue weighted by atomic mass is 10.2. The quantitative estimate of drug-likeness (QED) is 0.694. The zero-order valence-corrected chi connectivity index (χ0v) is 18.8. The average Bonchev–Trinajstić information content (AvgIpc) is 3.00. The molecule has 0 bridgehead atoms. The van der Waals surface area contributed by atoms with E-state index in [1.54, 1.807) is 0 Å². The molecule has 0 spiro atoms. The fourth-order valence-corrected chi connectivity index (χ4v) is 5.29. The molecule has 0 saturated carbocycles. The van der Waals surface area contributed by atoms with Crippen LogP contribution in [0.15, 0.2) is 53.4 Å². The molecule has 1 saturated heterocycles. The summed E-state index contributed by atoms with van der Waals surface area (Å²) in [6.45, 7) is 1.84. The molecule has 0 aromatic heterocycles. The molecule has 1 N–H and O–H groups in total. The molecule has 1 aliphatic heterocycles. The maximum absolute atomic E-state index is 13.0. The van der Waals surface area contributed by atoms with Gasteiger partial charge in [0.05, 0.1) is 22.2 Å². The van der Waals surface area contributed by atoms with Crippen molar-refractivity contribution in [1.82, 2.24) is 9.21 Å². The Morgan fingerprint density at radius 3 is 2.40 bits per heavy atom. The van der Waals surface area contributed by atoms with E-state index in [0.717, 1.165) is 31.2 Å². The van der Waals surface area contributed by atoms with Gasteiger partial charge in [0.2, 0.25) is 15.9 Å². The number of carbonyl (C=O) groups excluding carboxylic acids is 1. The van der Waals surface area contributed by atoms with Crippen molar-refractivity contribution in [3.8, 4) is 0 Å². The molecule has 8 heteroatoms. The van der Waals surface area contributed by atoms with E-state index in [9.17, 15) is 13.2 Å². The van der Waals surface area contributed by atoms with Gasteiger partial charge in [-0.2, -0.15) is 4.31 Å². The predicted octanol–water partition coefficient (Wildman–Crippen LogP) is 3.98. The zero-order valence-electron chi connectivity index (χ0n) is 17.2. The number of rotatable bonds is 7. The predicted molar refractivity (Wildman–Crippen MR) is 120 cm³/mol.